The van der Waals surface area contributed by atoms with Crippen LogP contribution in [0.1, 0.15) is 31.4 Å². The number of fused-ring (bicyclic) bond motifs is 1. The van der Waals surface area contributed by atoms with E-state index in [0.29, 0.717) is 19.8 Å². The molecule has 1 amide bonds. The first kappa shape index (κ1) is 12.1. The number of rotatable bonds is 4. The molecule has 1 aromatic rings. The number of hydrogen-bond donors (Lipinski definition) is 0. The van der Waals surface area contributed by atoms with Crippen molar-refractivity contribution in [3.05, 3.63) is 29.3 Å². The second-order valence-electron chi connectivity index (χ2n) is 4.22. The summed E-state index contributed by atoms with van der Waals surface area (Å²) in [7, 11) is 0. The molecule has 1 aliphatic heterocycles. The number of anilines is 1. The number of benzene rings is 1. The van der Waals surface area contributed by atoms with Gasteiger partial charge in [-0.15, -0.1) is 0 Å². The molecule has 1 heterocycles. The topological polar surface area (TPSA) is 29.5 Å². The summed E-state index contributed by atoms with van der Waals surface area (Å²) >= 11 is 0. The Hall–Kier alpha value is -1.35. The first-order valence-electron chi connectivity index (χ1n) is 6.26. The van der Waals surface area contributed by atoms with Crippen LogP contribution in [0.25, 0.3) is 0 Å². The van der Waals surface area contributed by atoms with Crippen LogP contribution in [0.3, 0.4) is 0 Å². The van der Waals surface area contributed by atoms with Crippen molar-refractivity contribution in [2.24, 2.45) is 0 Å². The van der Waals surface area contributed by atoms with Crippen LogP contribution in [0, 0.1) is 0 Å². The highest BCUT2D eigenvalue weighted by atomic mass is 16.5. The van der Waals surface area contributed by atoms with Gasteiger partial charge in [-0.1, -0.05) is 25.1 Å². The molecule has 2 rings (SSSR count). The van der Waals surface area contributed by atoms with E-state index in [4.69, 9.17) is 4.74 Å². The summed E-state index contributed by atoms with van der Waals surface area (Å²) < 4.78 is 5.40. The Bertz CT molecular complexity index is 400. The van der Waals surface area contributed by atoms with Crippen LogP contribution in [0.2, 0.25) is 0 Å². The van der Waals surface area contributed by atoms with Gasteiger partial charge in [-0.3, -0.25) is 9.69 Å². The van der Waals surface area contributed by atoms with E-state index in [1.165, 1.54) is 11.1 Å². The van der Waals surface area contributed by atoms with Crippen LogP contribution >= 0.6 is 0 Å². The first-order valence-corrected chi connectivity index (χ1v) is 6.26. The van der Waals surface area contributed by atoms with E-state index in [0.717, 1.165) is 18.5 Å². The minimum atomic E-state index is 0.173. The Balaban J connectivity index is 2.38. The summed E-state index contributed by atoms with van der Waals surface area (Å²) in [6.45, 7) is 5.07. The number of carbonyl (C=O) groups excluding carboxylic acids is 1. The summed E-state index contributed by atoms with van der Waals surface area (Å²) in [5.41, 5.74) is 3.58. The standard InChI is InChI=1S/C14H19NO2/c1-3-11-6-5-7-12-8-9-13(16)15(14(11)12)10-17-4-2/h5-7H,3-4,8-10H2,1-2H3. The molecule has 0 fully saturated rings. The summed E-state index contributed by atoms with van der Waals surface area (Å²) in [4.78, 5) is 13.8. The number of hydrogen-bond acceptors (Lipinski definition) is 2. The molecule has 0 saturated carbocycles. The highest BCUT2D eigenvalue weighted by Crippen LogP contribution is 2.31. The lowest BCUT2D eigenvalue weighted by molar-refractivity contribution is -0.120. The molecule has 0 N–H and O–H groups in total. The Morgan fingerprint density at radius 2 is 2.12 bits per heavy atom. The van der Waals surface area contributed by atoms with Gasteiger partial charge in [0.25, 0.3) is 0 Å². The second-order valence-corrected chi connectivity index (χ2v) is 4.22. The molecule has 1 aromatic carbocycles. The smallest absolute Gasteiger partial charge is 0.229 e. The van der Waals surface area contributed by atoms with Gasteiger partial charge >= 0.3 is 0 Å². The molecule has 0 radical (unpaired) electrons. The van der Waals surface area contributed by atoms with Gasteiger partial charge in [-0.2, -0.15) is 0 Å². The van der Waals surface area contributed by atoms with Crippen molar-refractivity contribution in [1.82, 2.24) is 0 Å². The number of amides is 1. The molecule has 0 aliphatic carbocycles. The van der Waals surface area contributed by atoms with Crippen LogP contribution in [-0.4, -0.2) is 19.2 Å². The van der Waals surface area contributed by atoms with Gasteiger partial charge in [-0.05, 0) is 30.9 Å². The van der Waals surface area contributed by atoms with Crippen molar-refractivity contribution in [3.63, 3.8) is 0 Å². The minimum absolute atomic E-state index is 0.173. The van der Waals surface area contributed by atoms with E-state index in [9.17, 15) is 4.79 Å². The lowest BCUT2D eigenvalue weighted by atomic mass is 9.96. The Morgan fingerprint density at radius 3 is 2.82 bits per heavy atom. The van der Waals surface area contributed by atoms with E-state index < -0.39 is 0 Å². The lowest BCUT2D eigenvalue weighted by Crippen LogP contribution is -2.37. The molecule has 0 saturated heterocycles. The SMILES string of the molecule is CCOCN1C(=O)CCc2cccc(CC)c21. The number of aryl methyl sites for hydroxylation is 2. The number of ether oxygens (including phenoxy) is 1. The molecule has 92 valence electrons. The third-order valence-corrected chi connectivity index (χ3v) is 3.19. The predicted octanol–water partition coefficient (Wildman–Crippen LogP) is 2.52. The normalized spacial score (nSPS) is 14.9. The zero-order chi connectivity index (χ0) is 12.3. The Morgan fingerprint density at radius 1 is 1.29 bits per heavy atom. The summed E-state index contributed by atoms with van der Waals surface area (Å²) in [5, 5.41) is 0. The van der Waals surface area contributed by atoms with Gasteiger partial charge in [0.2, 0.25) is 5.91 Å². The fraction of sp³-hybridized carbons (Fsp3) is 0.500. The van der Waals surface area contributed by atoms with Gasteiger partial charge in [0.15, 0.2) is 0 Å². The maximum Gasteiger partial charge on any atom is 0.229 e. The van der Waals surface area contributed by atoms with Crippen molar-refractivity contribution in [2.75, 3.05) is 18.2 Å². The van der Waals surface area contributed by atoms with Gasteiger partial charge < -0.3 is 4.74 Å². The van der Waals surface area contributed by atoms with Gasteiger partial charge in [-0.25, -0.2) is 0 Å². The van der Waals surface area contributed by atoms with E-state index in [2.05, 4.69) is 25.1 Å². The summed E-state index contributed by atoms with van der Waals surface area (Å²) in [5.74, 6) is 0.173. The minimum Gasteiger partial charge on any atom is -0.361 e. The van der Waals surface area contributed by atoms with E-state index in [1.807, 2.05) is 6.92 Å². The van der Waals surface area contributed by atoms with Crippen molar-refractivity contribution in [3.8, 4) is 0 Å². The molecule has 1 aliphatic rings. The van der Waals surface area contributed by atoms with Gasteiger partial charge in [0.05, 0.1) is 5.69 Å². The summed E-state index contributed by atoms with van der Waals surface area (Å²) in [6.07, 6.45) is 2.39. The monoisotopic (exact) mass is 233 g/mol. The zero-order valence-electron chi connectivity index (χ0n) is 10.5. The molecule has 0 bridgehead atoms. The maximum atomic E-state index is 12.0. The van der Waals surface area contributed by atoms with Crippen LogP contribution in [0.4, 0.5) is 5.69 Å². The third-order valence-electron chi connectivity index (χ3n) is 3.19. The van der Waals surface area contributed by atoms with Gasteiger partial charge in [0, 0.05) is 13.0 Å². The number of nitrogens with zero attached hydrogens (tertiary/aromatic N) is 1. The van der Waals surface area contributed by atoms with Crippen LogP contribution < -0.4 is 4.90 Å². The lowest BCUT2D eigenvalue weighted by Gasteiger charge is -2.31. The van der Waals surface area contributed by atoms with Crippen molar-refractivity contribution >= 4 is 11.6 Å². The predicted molar refractivity (Wildman–Crippen MR) is 68.1 cm³/mol. The third kappa shape index (κ3) is 2.34. The Kier molecular flexibility index (Phi) is 3.79. The molecule has 0 aromatic heterocycles. The molecule has 3 nitrogen and oxygen atoms in total. The highest BCUT2D eigenvalue weighted by Gasteiger charge is 2.25. The molecular formula is C14H19NO2. The quantitative estimate of drug-likeness (QED) is 0.799. The average Bonchev–Trinajstić information content (AvgIpc) is 2.37. The van der Waals surface area contributed by atoms with E-state index in [-0.39, 0.29) is 5.91 Å². The van der Waals surface area contributed by atoms with E-state index in [1.54, 1.807) is 4.90 Å². The molecule has 3 heteroatoms. The highest BCUT2D eigenvalue weighted by molar-refractivity contribution is 5.97. The van der Waals surface area contributed by atoms with Crippen LogP contribution in [0.15, 0.2) is 18.2 Å². The van der Waals surface area contributed by atoms with E-state index >= 15 is 0 Å². The summed E-state index contributed by atoms with van der Waals surface area (Å²) in [6, 6.07) is 6.28. The fourth-order valence-electron chi connectivity index (χ4n) is 2.30. The maximum absolute atomic E-state index is 12.0. The molecule has 17 heavy (non-hydrogen) atoms. The second kappa shape index (κ2) is 5.32. The largest absolute Gasteiger partial charge is 0.361 e. The number of carbonyl (C=O) groups is 1. The zero-order valence-corrected chi connectivity index (χ0v) is 10.5. The molecule has 0 spiro atoms. The van der Waals surface area contributed by atoms with Gasteiger partial charge in [0.1, 0.15) is 6.73 Å². The fourth-order valence-corrected chi connectivity index (χ4v) is 2.30. The molecule has 0 unspecified atom stereocenters. The van der Waals surface area contributed by atoms with Crippen molar-refractivity contribution in [1.29, 1.82) is 0 Å². The first-order chi connectivity index (χ1) is 8.27. The van der Waals surface area contributed by atoms with Crippen LogP contribution in [0.5, 0.6) is 0 Å². The van der Waals surface area contributed by atoms with Crippen molar-refractivity contribution in [2.45, 2.75) is 33.1 Å². The average molecular weight is 233 g/mol. The molecular weight excluding hydrogens is 214 g/mol. The molecule has 0 atom stereocenters. The van der Waals surface area contributed by atoms with Crippen molar-refractivity contribution < 1.29 is 9.53 Å². The Labute approximate surface area is 102 Å². The number of para-hydroxylation sites is 1. The van der Waals surface area contributed by atoms with Crippen LogP contribution in [-0.2, 0) is 22.4 Å².